The number of fused-ring (bicyclic) bond motifs is 1. The highest BCUT2D eigenvalue weighted by molar-refractivity contribution is 6.03. The van der Waals surface area contributed by atoms with E-state index < -0.39 is 0 Å². The van der Waals surface area contributed by atoms with Crippen LogP contribution in [0.5, 0.6) is 5.75 Å². The highest BCUT2D eigenvalue weighted by Crippen LogP contribution is 2.23. The zero-order chi connectivity index (χ0) is 14.4. The molecule has 106 valence electrons. The average molecular weight is 273 g/mol. The van der Waals surface area contributed by atoms with Crippen LogP contribution in [0.15, 0.2) is 30.5 Å². The Balaban J connectivity index is 2.22. The Morgan fingerprint density at radius 3 is 2.85 bits per heavy atom. The molecule has 2 rings (SSSR count). The lowest BCUT2D eigenvalue weighted by Gasteiger charge is -2.08. The highest BCUT2D eigenvalue weighted by Gasteiger charge is 2.12. The number of hydrogen-bond donors (Lipinski definition) is 0. The molecule has 20 heavy (non-hydrogen) atoms. The van der Waals surface area contributed by atoms with Gasteiger partial charge in [0.2, 0.25) is 0 Å². The summed E-state index contributed by atoms with van der Waals surface area (Å²) in [7, 11) is 1.60. The van der Waals surface area contributed by atoms with Crippen molar-refractivity contribution in [3.05, 3.63) is 36.0 Å². The van der Waals surface area contributed by atoms with Crippen molar-refractivity contribution < 1.29 is 14.3 Å². The number of ether oxygens (including phenoxy) is 2. The van der Waals surface area contributed by atoms with E-state index in [-0.39, 0.29) is 5.97 Å². The van der Waals surface area contributed by atoms with Gasteiger partial charge in [-0.05, 0) is 30.7 Å². The van der Waals surface area contributed by atoms with Gasteiger partial charge < -0.3 is 9.47 Å². The molecule has 0 aliphatic carbocycles. The number of methoxy groups -OCH3 is 1. The predicted molar refractivity (Wildman–Crippen MR) is 78.1 cm³/mol. The molecule has 0 unspecified atom stereocenters. The molecule has 1 heterocycles. The maximum absolute atomic E-state index is 12.1. The van der Waals surface area contributed by atoms with Crippen LogP contribution in [-0.4, -0.2) is 24.7 Å². The summed E-state index contributed by atoms with van der Waals surface area (Å²) in [6, 6.07) is 7.16. The first-order chi connectivity index (χ1) is 9.76. The zero-order valence-electron chi connectivity index (χ0n) is 11.9. The molecular weight excluding hydrogens is 254 g/mol. The molecule has 0 aliphatic heterocycles. The summed E-state index contributed by atoms with van der Waals surface area (Å²) in [5.41, 5.74) is 1.29. The molecule has 0 spiro atoms. The lowest BCUT2D eigenvalue weighted by molar-refractivity contribution is 0.0500. The van der Waals surface area contributed by atoms with Crippen molar-refractivity contribution in [3.63, 3.8) is 0 Å². The minimum atomic E-state index is -0.304. The third-order valence-corrected chi connectivity index (χ3v) is 3.15. The van der Waals surface area contributed by atoms with Gasteiger partial charge in [-0.25, -0.2) is 4.79 Å². The summed E-state index contributed by atoms with van der Waals surface area (Å²) < 4.78 is 10.5. The van der Waals surface area contributed by atoms with E-state index in [2.05, 4.69) is 11.9 Å². The summed E-state index contributed by atoms with van der Waals surface area (Å²) in [5.74, 6) is 0.396. The van der Waals surface area contributed by atoms with Crippen LogP contribution in [0.3, 0.4) is 0 Å². The number of esters is 1. The number of benzene rings is 1. The van der Waals surface area contributed by atoms with Gasteiger partial charge in [0.05, 0.1) is 24.8 Å². The molecule has 0 N–H and O–H groups in total. The van der Waals surface area contributed by atoms with Crippen LogP contribution in [0.25, 0.3) is 10.9 Å². The Bertz CT molecular complexity index is 595. The monoisotopic (exact) mass is 273 g/mol. The summed E-state index contributed by atoms with van der Waals surface area (Å²) in [5, 5.41) is 0.757. The van der Waals surface area contributed by atoms with Crippen LogP contribution in [0.1, 0.15) is 36.5 Å². The fourth-order valence-electron chi connectivity index (χ4n) is 2.02. The Kier molecular flexibility index (Phi) is 4.93. The van der Waals surface area contributed by atoms with Gasteiger partial charge in [0.15, 0.2) is 0 Å². The van der Waals surface area contributed by atoms with Crippen LogP contribution in [-0.2, 0) is 4.74 Å². The van der Waals surface area contributed by atoms with Crippen molar-refractivity contribution in [2.75, 3.05) is 13.7 Å². The van der Waals surface area contributed by atoms with Gasteiger partial charge in [-0.1, -0.05) is 19.8 Å². The number of pyridine rings is 1. The molecule has 4 nitrogen and oxygen atoms in total. The van der Waals surface area contributed by atoms with Crippen LogP contribution in [0, 0.1) is 0 Å². The molecule has 2 aromatic rings. The van der Waals surface area contributed by atoms with E-state index in [9.17, 15) is 4.79 Å². The van der Waals surface area contributed by atoms with E-state index in [4.69, 9.17) is 9.47 Å². The first-order valence-corrected chi connectivity index (χ1v) is 6.86. The van der Waals surface area contributed by atoms with Crippen LogP contribution in [0.2, 0.25) is 0 Å². The van der Waals surface area contributed by atoms with E-state index in [0.29, 0.717) is 17.9 Å². The van der Waals surface area contributed by atoms with Gasteiger partial charge in [0, 0.05) is 11.6 Å². The van der Waals surface area contributed by atoms with Crippen LogP contribution >= 0.6 is 0 Å². The normalized spacial score (nSPS) is 10.5. The second-order valence-electron chi connectivity index (χ2n) is 4.58. The minimum absolute atomic E-state index is 0.304. The molecule has 0 aliphatic rings. The number of carbonyl (C=O) groups is 1. The molecule has 0 fully saturated rings. The van der Waals surface area contributed by atoms with Gasteiger partial charge in [-0.15, -0.1) is 0 Å². The summed E-state index contributed by atoms with van der Waals surface area (Å²) in [4.78, 5) is 16.4. The van der Waals surface area contributed by atoms with Gasteiger partial charge >= 0.3 is 5.97 Å². The third-order valence-electron chi connectivity index (χ3n) is 3.15. The second kappa shape index (κ2) is 6.89. The smallest absolute Gasteiger partial charge is 0.338 e. The number of nitrogens with zero attached hydrogens (tertiary/aromatic N) is 1. The van der Waals surface area contributed by atoms with E-state index in [1.807, 2.05) is 18.2 Å². The molecule has 1 aromatic heterocycles. The first kappa shape index (κ1) is 14.3. The SMILES string of the molecule is CCCCCOC(=O)c1ccnc2ccc(OC)cc12. The van der Waals surface area contributed by atoms with Crippen molar-refractivity contribution in [1.82, 2.24) is 4.98 Å². The maximum Gasteiger partial charge on any atom is 0.338 e. The highest BCUT2D eigenvalue weighted by atomic mass is 16.5. The number of unbranched alkanes of at least 4 members (excludes halogenated alkanes) is 2. The third kappa shape index (κ3) is 3.26. The molecule has 4 heteroatoms. The van der Waals surface area contributed by atoms with E-state index in [1.54, 1.807) is 19.4 Å². The molecular formula is C16H19NO3. The van der Waals surface area contributed by atoms with Gasteiger partial charge in [-0.2, -0.15) is 0 Å². The molecule has 0 radical (unpaired) electrons. The number of aromatic nitrogens is 1. The number of rotatable bonds is 6. The Morgan fingerprint density at radius 2 is 2.10 bits per heavy atom. The molecule has 0 bridgehead atoms. The van der Waals surface area contributed by atoms with Crippen molar-refractivity contribution in [1.29, 1.82) is 0 Å². The molecule has 1 aromatic carbocycles. The Hall–Kier alpha value is -2.10. The lowest BCUT2D eigenvalue weighted by atomic mass is 10.1. The quantitative estimate of drug-likeness (QED) is 0.596. The van der Waals surface area contributed by atoms with Crippen molar-refractivity contribution in [2.24, 2.45) is 0 Å². The fraction of sp³-hybridized carbons (Fsp3) is 0.375. The fourth-order valence-corrected chi connectivity index (χ4v) is 2.02. The largest absolute Gasteiger partial charge is 0.497 e. The number of hydrogen-bond acceptors (Lipinski definition) is 4. The number of carbonyl (C=O) groups excluding carboxylic acids is 1. The van der Waals surface area contributed by atoms with Gasteiger partial charge in [0.1, 0.15) is 5.75 Å². The van der Waals surface area contributed by atoms with Crippen LogP contribution < -0.4 is 4.74 Å². The topological polar surface area (TPSA) is 48.4 Å². The molecule has 0 saturated heterocycles. The van der Waals surface area contributed by atoms with Crippen LogP contribution in [0.4, 0.5) is 0 Å². The van der Waals surface area contributed by atoms with Gasteiger partial charge in [0.25, 0.3) is 0 Å². The average Bonchev–Trinajstić information content (AvgIpc) is 2.50. The summed E-state index contributed by atoms with van der Waals surface area (Å²) in [6.45, 7) is 2.57. The Labute approximate surface area is 118 Å². The summed E-state index contributed by atoms with van der Waals surface area (Å²) >= 11 is 0. The molecule has 0 saturated carbocycles. The molecule has 0 amide bonds. The van der Waals surface area contributed by atoms with Gasteiger partial charge in [-0.3, -0.25) is 4.98 Å². The van der Waals surface area contributed by atoms with Crippen molar-refractivity contribution in [3.8, 4) is 5.75 Å². The van der Waals surface area contributed by atoms with Crippen molar-refractivity contribution >= 4 is 16.9 Å². The first-order valence-electron chi connectivity index (χ1n) is 6.86. The molecule has 0 atom stereocenters. The van der Waals surface area contributed by atoms with E-state index in [0.717, 1.165) is 30.2 Å². The zero-order valence-corrected chi connectivity index (χ0v) is 11.9. The van der Waals surface area contributed by atoms with E-state index in [1.165, 1.54) is 0 Å². The predicted octanol–water partition coefficient (Wildman–Crippen LogP) is 3.59. The maximum atomic E-state index is 12.1. The second-order valence-corrected chi connectivity index (χ2v) is 4.58. The minimum Gasteiger partial charge on any atom is -0.497 e. The van der Waals surface area contributed by atoms with E-state index >= 15 is 0 Å². The van der Waals surface area contributed by atoms with Crippen molar-refractivity contribution in [2.45, 2.75) is 26.2 Å². The summed E-state index contributed by atoms with van der Waals surface area (Å²) in [6.07, 6.45) is 4.69. The lowest BCUT2D eigenvalue weighted by Crippen LogP contribution is -2.07. The standard InChI is InChI=1S/C16H19NO3/c1-3-4-5-10-20-16(18)13-8-9-17-15-7-6-12(19-2)11-14(13)15/h6-9,11H,3-5,10H2,1-2H3. The Morgan fingerprint density at radius 1 is 1.25 bits per heavy atom.